The number of imidazole rings is 1. The van der Waals surface area contributed by atoms with Crippen LogP contribution in [0.25, 0.3) is 11.0 Å². The van der Waals surface area contributed by atoms with E-state index in [1.54, 1.807) is 22.8 Å². The molecule has 2 heterocycles. The van der Waals surface area contributed by atoms with E-state index in [1.165, 1.54) is 7.11 Å². The van der Waals surface area contributed by atoms with Crippen LogP contribution in [-0.4, -0.2) is 35.7 Å². The number of fused-ring (bicyclic) bond motifs is 1. The van der Waals surface area contributed by atoms with Gasteiger partial charge in [0.1, 0.15) is 0 Å². The number of aromatic amines is 1. The SMILES string of the molecule is COC(=O)c1ccc2[nH]c(=O)n([C@@H]3CCNC3)c2c1. The molecule has 19 heavy (non-hydrogen) atoms. The maximum absolute atomic E-state index is 12.0. The fourth-order valence-electron chi connectivity index (χ4n) is 2.59. The van der Waals surface area contributed by atoms with Crippen LogP contribution in [0.1, 0.15) is 22.8 Å². The van der Waals surface area contributed by atoms with Gasteiger partial charge >= 0.3 is 11.7 Å². The first kappa shape index (κ1) is 12.0. The Morgan fingerprint density at radius 1 is 1.47 bits per heavy atom. The third kappa shape index (κ3) is 1.94. The minimum atomic E-state index is -0.397. The number of nitrogens with zero attached hydrogens (tertiary/aromatic N) is 1. The summed E-state index contributed by atoms with van der Waals surface area (Å²) in [6, 6.07) is 5.23. The van der Waals surface area contributed by atoms with Crippen molar-refractivity contribution in [3.05, 3.63) is 34.2 Å². The summed E-state index contributed by atoms with van der Waals surface area (Å²) < 4.78 is 6.43. The number of esters is 1. The lowest BCUT2D eigenvalue weighted by molar-refractivity contribution is 0.0601. The highest BCUT2D eigenvalue weighted by atomic mass is 16.5. The molecular weight excluding hydrogens is 246 g/mol. The average molecular weight is 261 g/mol. The molecule has 2 aromatic rings. The molecule has 2 N–H and O–H groups in total. The summed E-state index contributed by atoms with van der Waals surface area (Å²) in [6.07, 6.45) is 0.912. The molecule has 1 aromatic heterocycles. The molecule has 0 amide bonds. The van der Waals surface area contributed by atoms with Crippen molar-refractivity contribution in [1.29, 1.82) is 0 Å². The van der Waals surface area contributed by atoms with Gasteiger partial charge in [-0.25, -0.2) is 9.59 Å². The molecule has 0 saturated carbocycles. The topological polar surface area (TPSA) is 76.1 Å². The average Bonchev–Trinajstić information content (AvgIpc) is 3.02. The number of nitrogens with one attached hydrogen (secondary N) is 2. The Balaban J connectivity index is 2.17. The van der Waals surface area contributed by atoms with Gasteiger partial charge in [-0.3, -0.25) is 4.57 Å². The van der Waals surface area contributed by atoms with Gasteiger partial charge in [-0.15, -0.1) is 0 Å². The van der Waals surface area contributed by atoms with Gasteiger partial charge in [-0.1, -0.05) is 0 Å². The summed E-state index contributed by atoms with van der Waals surface area (Å²) in [5.74, 6) is -0.397. The van der Waals surface area contributed by atoms with E-state index in [4.69, 9.17) is 4.74 Å². The standard InChI is InChI=1S/C13H15N3O3/c1-19-12(17)8-2-3-10-11(6-8)16(13(18)15-10)9-4-5-14-7-9/h2-3,6,9,14H,4-5,7H2,1H3,(H,15,18)/t9-/m1/s1. The Kier molecular flexibility index (Phi) is 2.87. The van der Waals surface area contributed by atoms with Crippen LogP contribution in [0.5, 0.6) is 0 Å². The summed E-state index contributed by atoms with van der Waals surface area (Å²) in [5.41, 5.74) is 1.81. The van der Waals surface area contributed by atoms with Crippen molar-refractivity contribution < 1.29 is 9.53 Å². The van der Waals surface area contributed by atoms with E-state index in [9.17, 15) is 9.59 Å². The Morgan fingerprint density at radius 2 is 2.32 bits per heavy atom. The van der Waals surface area contributed by atoms with Crippen LogP contribution in [0.15, 0.2) is 23.0 Å². The lowest BCUT2D eigenvalue weighted by Gasteiger charge is -2.10. The minimum absolute atomic E-state index is 0.133. The first-order chi connectivity index (χ1) is 9.20. The number of rotatable bonds is 2. The zero-order valence-electron chi connectivity index (χ0n) is 10.6. The van der Waals surface area contributed by atoms with Crippen LogP contribution >= 0.6 is 0 Å². The normalized spacial score (nSPS) is 18.9. The largest absolute Gasteiger partial charge is 0.465 e. The zero-order chi connectivity index (χ0) is 13.4. The smallest absolute Gasteiger partial charge is 0.337 e. The van der Waals surface area contributed by atoms with Crippen molar-refractivity contribution in [1.82, 2.24) is 14.9 Å². The molecular formula is C13H15N3O3. The summed E-state index contributed by atoms with van der Waals surface area (Å²) >= 11 is 0. The number of benzene rings is 1. The zero-order valence-corrected chi connectivity index (χ0v) is 10.6. The highest BCUT2D eigenvalue weighted by Gasteiger charge is 2.21. The number of methoxy groups -OCH3 is 1. The van der Waals surface area contributed by atoms with Crippen molar-refractivity contribution in [2.75, 3.05) is 20.2 Å². The molecule has 1 aliphatic rings. The van der Waals surface area contributed by atoms with Gasteiger partial charge in [0.05, 0.1) is 29.7 Å². The summed E-state index contributed by atoms with van der Waals surface area (Å²) in [4.78, 5) is 26.4. The van der Waals surface area contributed by atoms with Crippen molar-refractivity contribution in [2.24, 2.45) is 0 Å². The molecule has 0 spiro atoms. The van der Waals surface area contributed by atoms with E-state index >= 15 is 0 Å². The Labute approximate surface area is 109 Å². The summed E-state index contributed by atoms with van der Waals surface area (Å²) in [5, 5.41) is 3.24. The molecule has 0 aliphatic carbocycles. The number of hydrogen-bond donors (Lipinski definition) is 2. The lowest BCUT2D eigenvalue weighted by Crippen LogP contribution is -2.23. The third-order valence-electron chi connectivity index (χ3n) is 3.54. The van der Waals surface area contributed by atoms with Crippen molar-refractivity contribution >= 4 is 17.0 Å². The second-order valence-electron chi connectivity index (χ2n) is 4.67. The second-order valence-corrected chi connectivity index (χ2v) is 4.67. The van der Waals surface area contributed by atoms with Crippen LogP contribution in [0.3, 0.4) is 0 Å². The van der Waals surface area contributed by atoms with Gasteiger partial charge in [0.15, 0.2) is 0 Å². The fraction of sp³-hybridized carbons (Fsp3) is 0.385. The van der Waals surface area contributed by atoms with Gasteiger partial charge in [0.2, 0.25) is 0 Å². The van der Waals surface area contributed by atoms with Crippen LogP contribution < -0.4 is 11.0 Å². The highest BCUT2D eigenvalue weighted by molar-refractivity contribution is 5.93. The Bertz CT molecular complexity index is 680. The van der Waals surface area contributed by atoms with Crippen LogP contribution in [0, 0.1) is 0 Å². The lowest BCUT2D eigenvalue weighted by atomic mass is 10.2. The van der Waals surface area contributed by atoms with Gasteiger partial charge < -0.3 is 15.0 Å². The number of aromatic nitrogens is 2. The molecule has 0 unspecified atom stereocenters. The van der Waals surface area contributed by atoms with E-state index in [0.717, 1.165) is 30.5 Å². The van der Waals surface area contributed by atoms with E-state index < -0.39 is 5.97 Å². The van der Waals surface area contributed by atoms with Crippen molar-refractivity contribution in [3.8, 4) is 0 Å². The molecule has 1 fully saturated rings. The summed E-state index contributed by atoms with van der Waals surface area (Å²) in [7, 11) is 1.34. The maximum atomic E-state index is 12.0. The maximum Gasteiger partial charge on any atom is 0.337 e. The molecule has 6 nitrogen and oxygen atoms in total. The van der Waals surface area contributed by atoms with E-state index in [-0.39, 0.29) is 11.7 Å². The third-order valence-corrected chi connectivity index (χ3v) is 3.54. The van der Waals surface area contributed by atoms with Crippen LogP contribution in [0.4, 0.5) is 0 Å². The van der Waals surface area contributed by atoms with E-state index in [0.29, 0.717) is 5.56 Å². The molecule has 6 heteroatoms. The predicted molar refractivity (Wildman–Crippen MR) is 70.4 cm³/mol. The number of H-pyrrole nitrogens is 1. The molecule has 0 bridgehead atoms. The molecule has 100 valence electrons. The molecule has 1 aromatic carbocycles. The van der Waals surface area contributed by atoms with Gasteiger partial charge in [-0.2, -0.15) is 0 Å². The van der Waals surface area contributed by atoms with Crippen molar-refractivity contribution in [3.63, 3.8) is 0 Å². The van der Waals surface area contributed by atoms with Gasteiger partial charge in [0.25, 0.3) is 0 Å². The molecule has 3 rings (SSSR count). The Morgan fingerprint density at radius 3 is 3.00 bits per heavy atom. The van der Waals surface area contributed by atoms with Crippen LogP contribution in [-0.2, 0) is 4.74 Å². The predicted octanol–water partition coefficient (Wildman–Crippen LogP) is 0.651. The summed E-state index contributed by atoms with van der Waals surface area (Å²) in [6.45, 7) is 1.68. The van der Waals surface area contributed by atoms with E-state index in [2.05, 4.69) is 10.3 Å². The highest BCUT2D eigenvalue weighted by Crippen LogP contribution is 2.20. The van der Waals surface area contributed by atoms with Crippen LogP contribution in [0.2, 0.25) is 0 Å². The molecule has 1 aliphatic heterocycles. The van der Waals surface area contributed by atoms with E-state index in [1.807, 2.05) is 0 Å². The number of carbonyl (C=O) groups is 1. The molecule has 0 radical (unpaired) electrons. The number of hydrogen-bond acceptors (Lipinski definition) is 4. The van der Waals surface area contributed by atoms with Crippen molar-refractivity contribution in [2.45, 2.75) is 12.5 Å². The quantitative estimate of drug-likeness (QED) is 0.778. The minimum Gasteiger partial charge on any atom is -0.465 e. The fourth-order valence-corrected chi connectivity index (χ4v) is 2.59. The second kappa shape index (κ2) is 4.55. The van der Waals surface area contributed by atoms with Gasteiger partial charge in [0, 0.05) is 6.54 Å². The molecule has 1 saturated heterocycles. The number of carbonyl (C=O) groups excluding carboxylic acids is 1. The monoisotopic (exact) mass is 261 g/mol. The first-order valence-electron chi connectivity index (χ1n) is 6.24. The number of ether oxygens (including phenoxy) is 1. The Hall–Kier alpha value is -2.08. The van der Waals surface area contributed by atoms with Gasteiger partial charge in [-0.05, 0) is 31.2 Å². The molecule has 1 atom stereocenters. The first-order valence-corrected chi connectivity index (χ1v) is 6.24.